The van der Waals surface area contributed by atoms with E-state index in [1.54, 1.807) is 24.3 Å². The lowest BCUT2D eigenvalue weighted by Gasteiger charge is -2.38. The van der Waals surface area contributed by atoms with E-state index >= 15 is 0 Å². The third kappa shape index (κ3) is 3.53. The molecule has 2 heterocycles. The first-order chi connectivity index (χ1) is 15.0. The number of fused-ring (bicyclic) bond motifs is 2. The highest BCUT2D eigenvalue weighted by Gasteiger charge is 2.53. The normalized spacial score (nSPS) is 21.3. The Hall–Kier alpha value is -2.66. The van der Waals surface area contributed by atoms with E-state index in [0.29, 0.717) is 11.3 Å². The minimum atomic E-state index is -4.78. The number of aliphatic carboxylic acids is 1. The second-order valence-corrected chi connectivity index (χ2v) is 10.0. The molecule has 172 valence electrons. The molecule has 0 atom stereocenters. The SMILES string of the molecule is O=C(O)CN1C(=O)C2(CCN(S(=O)(=O)C3=C(C(F)(F)F)C=CCC3)CC2)c2ccccc21. The minimum absolute atomic E-state index is 0.0582. The highest BCUT2D eigenvalue weighted by atomic mass is 32.2. The van der Waals surface area contributed by atoms with E-state index in [1.807, 2.05) is 0 Å². The maximum absolute atomic E-state index is 13.4. The summed E-state index contributed by atoms with van der Waals surface area (Å²) in [5.74, 6) is -1.60. The van der Waals surface area contributed by atoms with Crippen LogP contribution in [0.2, 0.25) is 0 Å². The van der Waals surface area contributed by atoms with Gasteiger partial charge in [0.1, 0.15) is 6.54 Å². The van der Waals surface area contributed by atoms with Crippen LogP contribution in [0.4, 0.5) is 18.9 Å². The fourth-order valence-corrected chi connectivity index (χ4v) is 6.61. The van der Waals surface area contributed by atoms with Gasteiger partial charge in [-0.15, -0.1) is 0 Å². The first-order valence-corrected chi connectivity index (χ1v) is 11.5. The van der Waals surface area contributed by atoms with Crippen molar-refractivity contribution in [3.8, 4) is 0 Å². The molecule has 0 saturated carbocycles. The van der Waals surface area contributed by atoms with Crippen LogP contribution in [-0.4, -0.2) is 55.5 Å². The van der Waals surface area contributed by atoms with Gasteiger partial charge in [0.15, 0.2) is 0 Å². The number of sulfonamides is 1. The van der Waals surface area contributed by atoms with E-state index < -0.39 is 50.5 Å². The number of carbonyl (C=O) groups is 2. The van der Waals surface area contributed by atoms with Gasteiger partial charge in [-0.3, -0.25) is 9.59 Å². The number of nitrogens with zero attached hydrogens (tertiary/aromatic N) is 2. The lowest BCUT2D eigenvalue weighted by molar-refractivity contribution is -0.137. The Bertz CT molecular complexity index is 1130. The first kappa shape index (κ1) is 22.5. The van der Waals surface area contributed by atoms with Gasteiger partial charge in [0.05, 0.1) is 15.9 Å². The number of hydrogen-bond donors (Lipinski definition) is 1. The number of anilines is 1. The summed E-state index contributed by atoms with van der Waals surface area (Å²) in [6.07, 6.45) is -2.59. The molecule has 1 amide bonds. The predicted molar refractivity (Wildman–Crippen MR) is 109 cm³/mol. The summed E-state index contributed by atoms with van der Waals surface area (Å²) in [7, 11) is -4.37. The Kier molecular flexibility index (Phi) is 5.44. The molecular weight excluding hydrogens is 449 g/mol. The zero-order chi connectivity index (χ0) is 23.3. The Morgan fingerprint density at radius 2 is 1.81 bits per heavy atom. The van der Waals surface area contributed by atoms with Gasteiger partial charge in [0.2, 0.25) is 15.9 Å². The number of carbonyl (C=O) groups excluding carboxylic acids is 1. The number of benzene rings is 1. The summed E-state index contributed by atoms with van der Waals surface area (Å²) >= 11 is 0. The van der Waals surface area contributed by atoms with Crippen LogP contribution in [0.5, 0.6) is 0 Å². The topological polar surface area (TPSA) is 95.0 Å². The highest BCUT2D eigenvalue weighted by Crippen LogP contribution is 2.48. The Labute approximate surface area is 182 Å². The zero-order valence-corrected chi connectivity index (χ0v) is 17.7. The quantitative estimate of drug-likeness (QED) is 0.730. The van der Waals surface area contributed by atoms with Crippen LogP contribution in [0.1, 0.15) is 31.2 Å². The molecule has 1 saturated heterocycles. The summed E-state index contributed by atoms with van der Waals surface area (Å²) in [5.41, 5.74) is -1.15. The molecule has 0 unspecified atom stereocenters. The molecule has 0 radical (unpaired) electrons. The molecule has 1 aromatic carbocycles. The van der Waals surface area contributed by atoms with Crippen molar-refractivity contribution in [2.75, 3.05) is 24.5 Å². The summed E-state index contributed by atoms with van der Waals surface area (Å²) in [4.78, 5) is 25.0. The van der Waals surface area contributed by atoms with Crippen LogP contribution in [0.15, 0.2) is 46.9 Å². The fourth-order valence-electron chi connectivity index (χ4n) is 4.80. The summed E-state index contributed by atoms with van der Waals surface area (Å²) in [6, 6.07) is 6.76. The molecule has 1 aliphatic carbocycles. The van der Waals surface area contributed by atoms with Gasteiger partial charge in [-0.05, 0) is 37.3 Å². The smallest absolute Gasteiger partial charge is 0.417 e. The summed E-state index contributed by atoms with van der Waals surface area (Å²) in [6.45, 7) is -0.795. The fraction of sp³-hybridized carbons (Fsp3) is 0.429. The van der Waals surface area contributed by atoms with Gasteiger partial charge in [0, 0.05) is 18.8 Å². The van der Waals surface area contributed by atoms with Crippen molar-refractivity contribution >= 4 is 27.6 Å². The number of carboxylic acid groups (broad SMARTS) is 1. The van der Waals surface area contributed by atoms with Crippen molar-refractivity contribution < 1.29 is 36.3 Å². The number of para-hydroxylation sites is 1. The van der Waals surface area contributed by atoms with E-state index in [9.17, 15) is 36.3 Å². The van der Waals surface area contributed by atoms with Crippen molar-refractivity contribution in [3.63, 3.8) is 0 Å². The monoisotopic (exact) mass is 470 g/mol. The van der Waals surface area contributed by atoms with Gasteiger partial charge >= 0.3 is 12.1 Å². The van der Waals surface area contributed by atoms with Crippen LogP contribution < -0.4 is 4.90 Å². The number of rotatable bonds is 4. The number of amides is 1. The highest BCUT2D eigenvalue weighted by molar-refractivity contribution is 7.93. The van der Waals surface area contributed by atoms with Gasteiger partial charge in [-0.2, -0.15) is 17.5 Å². The van der Waals surface area contributed by atoms with Crippen molar-refractivity contribution in [1.82, 2.24) is 4.31 Å². The molecule has 4 rings (SSSR count). The van der Waals surface area contributed by atoms with Gasteiger partial charge < -0.3 is 10.0 Å². The molecule has 1 N–H and O–H groups in total. The standard InChI is InChI=1S/C21H21F3N2O5S/c22-21(23,24)15-6-2-4-8-17(15)32(30,31)25-11-9-20(10-12-25)14-5-1-3-7-16(14)26(19(20)29)13-18(27)28/h1-3,5-7H,4,8-13H2,(H,27,28). The molecule has 1 spiro atoms. The van der Waals surface area contributed by atoms with Crippen LogP contribution in [-0.2, 0) is 25.0 Å². The first-order valence-electron chi connectivity index (χ1n) is 10.1. The lowest BCUT2D eigenvalue weighted by atomic mass is 9.74. The van der Waals surface area contributed by atoms with Crippen LogP contribution in [0, 0.1) is 0 Å². The molecule has 0 bridgehead atoms. The molecule has 1 fully saturated rings. The second-order valence-electron chi connectivity index (χ2n) is 8.06. The second kappa shape index (κ2) is 7.73. The maximum atomic E-state index is 13.4. The minimum Gasteiger partial charge on any atom is -0.480 e. The predicted octanol–water partition coefficient (Wildman–Crippen LogP) is 2.95. The number of piperidine rings is 1. The van der Waals surface area contributed by atoms with E-state index in [2.05, 4.69) is 0 Å². The molecule has 3 aliphatic rings. The van der Waals surface area contributed by atoms with Crippen molar-refractivity contribution in [1.29, 1.82) is 0 Å². The third-order valence-corrected chi connectivity index (χ3v) is 8.41. The molecule has 1 aromatic rings. The molecule has 11 heteroatoms. The molecule has 0 aromatic heterocycles. The Balaban J connectivity index is 1.64. The van der Waals surface area contributed by atoms with Gasteiger partial charge in [0.25, 0.3) is 0 Å². The summed E-state index contributed by atoms with van der Waals surface area (Å²) in [5, 5.41) is 9.20. The Morgan fingerprint density at radius 3 is 2.44 bits per heavy atom. The lowest BCUT2D eigenvalue weighted by Crippen LogP contribution is -2.51. The van der Waals surface area contributed by atoms with Gasteiger partial charge in [-0.25, -0.2) is 8.42 Å². The van der Waals surface area contributed by atoms with Crippen LogP contribution >= 0.6 is 0 Å². The van der Waals surface area contributed by atoms with E-state index in [-0.39, 0.29) is 38.8 Å². The van der Waals surface area contributed by atoms with Crippen LogP contribution in [0.3, 0.4) is 0 Å². The number of halogens is 3. The number of hydrogen-bond acceptors (Lipinski definition) is 4. The average Bonchev–Trinajstić information content (AvgIpc) is 2.96. The molecule has 7 nitrogen and oxygen atoms in total. The zero-order valence-electron chi connectivity index (χ0n) is 16.9. The third-order valence-electron chi connectivity index (χ3n) is 6.31. The molecule has 2 aliphatic heterocycles. The van der Waals surface area contributed by atoms with Crippen LogP contribution in [0.25, 0.3) is 0 Å². The molecule has 32 heavy (non-hydrogen) atoms. The van der Waals surface area contributed by atoms with Crippen molar-refractivity contribution in [2.24, 2.45) is 0 Å². The van der Waals surface area contributed by atoms with Gasteiger partial charge in [-0.1, -0.05) is 30.4 Å². The van der Waals surface area contributed by atoms with E-state index in [4.69, 9.17) is 0 Å². The van der Waals surface area contributed by atoms with E-state index in [0.717, 1.165) is 10.4 Å². The number of allylic oxidation sites excluding steroid dienone is 4. The Morgan fingerprint density at radius 1 is 1.16 bits per heavy atom. The van der Waals surface area contributed by atoms with Crippen molar-refractivity contribution in [2.45, 2.75) is 37.3 Å². The molecular formula is C21H21F3N2O5S. The average molecular weight is 470 g/mol. The largest absolute Gasteiger partial charge is 0.480 e. The van der Waals surface area contributed by atoms with Crippen molar-refractivity contribution in [3.05, 3.63) is 52.5 Å². The number of alkyl halides is 3. The maximum Gasteiger partial charge on any atom is 0.417 e. The number of carboxylic acids is 1. The van der Waals surface area contributed by atoms with E-state index in [1.165, 1.54) is 11.0 Å². The summed E-state index contributed by atoms with van der Waals surface area (Å²) < 4.78 is 67.4.